The molecule has 0 N–H and O–H groups in total. The number of carbonyl (C=O) groups excluding carboxylic acids is 1. The van der Waals surface area contributed by atoms with E-state index in [4.69, 9.17) is 0 Å². The van der Waals surface area contributed by atoms with E-state index in [0.717, 1.165) is 34.5 Å². The second kappa shape index (κ2) is 5.52. The van der Waals surface area contributed by atoms with Gasteiger partial charge in [-0.3, -0.25) is 4.79 Å². The standard InChI is InChI=1S/C18H18N2O/c1-3-14-12-17-15(18(21)4-2)10-11-16(20(17)19-14)13-8-6-5-7-9-13/h5-12H,3-4H2,1-2H3. The number of pyridine rings is 1. The van der Waals surface area contributed by atoms with Gasteiger partial charge in [0.25, 0.3) is 0 Å². The van der Waals surface area contributed by atoms with E-state index in [2.05, 4.69) is 24.2 Å². The molecule has 21 heavy (non-hydrogen) atoms. The fourth-order valence-corrected chi connectivity index (χ4v) is 2.55. The van der Waals surface area contributed by atoms with E-state index in [0.29, 0.717) is 6.42 Å². The van der Waals surface area contributed by atoms with Gasteiger partial charge in [0.1, 0.15) is 0 Å². The monoisotopic (exact) mass is 278 g/mol. The molecule has 0 bridgehead atoms. The maximum absolute atomic E-state index is 12.1. The molecule has 106 valence electrons. The van der Waals surface area contributed by atoms with Crippen LogP contribution in [0.2, 0.25) is 0 Å². The quantitative estimate of drug-likeness (QED) is 0.672. The van der Waals surface area contributed by atoms with Crippen LogP contribution in [0.5, 0.6) is 0 Å². The zero-order valence-electron chi connectivity index (χ0n) is 12.3. The van der Waals surface area contributed by atoms with Crippen LogP contribution in [-0.2, 0) is 6.42 Å². The van der Waals surface area contributed by atoms with Gasteiger partial charge in [-0.15, -0.1) is 0 Å². The molecule has 1 aromatic carbocycles. The van der Waals surface area contributed by atoms with E-state index in [-0.39, 0.29) is 5.78 Å². The van der Waals surface area contributed by atoms with Crippen LogP contribution in [0.15, 0.2) is 48.5 Å². The Morgan fingerprint density at radius 3 is 2.52 bits per heavy atom. The van der Waals surface area contributed by atoms with Gasteiger partial charge in [-0.25, -0.2) is 4.52 Å². The predicted molar refractivity (Wildman–Crippen MR) is 84.6 cm³/mol. The number of hydrogen-bond donors (Lipinski definition) is 0. The second-order valence-electron chi connectivity index (χ2n) is 5.06. The van der Waals surface area contributed by atoms with Crippen molar-refractivity contribution in [3.05, 3.63) is 59.8 Å². The van der Waals surface area contributed by atoms with E-state index >= 15 is 0 Å². The third kappa shape index (κ3) is 2.35. The molecule has 3 nitrogen and oxygen atoms in total. The zero-order valence-corrected chi connectivity index (χ0v) is 12.3. The molecule has 3 heteroatoms. The average molecular weight is 278 g/mol. The summed E-state index contributed by atoms with van der Waals surface area (Å²) in [5.41, 5.74) is 4.77. The Balaban J connectivity index is 2.29. The first-order chi connectivity index (χ1) is 10.2. The summed E-state index contributed by atoms with van der Waals surface area (Å²) < 4.78 is 1.90. The minimum absolute atomic E-state index is 0.155. The van der Waals surface area contributed by atoms with E-state index in [1.807, 2.05) is 47.8 Å². The van der Waals surface area contributed by atoms with Crippen molar-refractivity contribution < 1.29 is 4.79 Å². The molecule has 2 heterocycles. The lowest BCUT2D eigenvalue weighted by Crippen LogP contribution is -2.03. The molecular weight excluding hydrogens is 260 g/mol. The zero-order chi connectivity index (χ0) is 14.8. The lowest BCUT2D eigenvalue weighted by Gasteiger charge is -2.08. The average Bonchev–Trinajstić information content (AvgIpc) is 2.98. The van der Waals surface area contributed by atoms with Crippen LogP contribution in [0.1, 0.15) is 36.3 Å². The highest BCUT2D eigenvalue weighted by Gasteiger charge is 2.14. The largest absolute Gasteiger partial charge is 0.294 e. The van der Waals surface area contributed by atoms with Gasteiger partial charge in [0, 0.05) is 17.5 Å². The topological polar surface area (TPSA) is 34.4 Å². The third-order valence-corrected chi connectivity index (χ3v) is 3.73. The summed E-state index contributed by atoms with van der Waals surface area (Å²) in [6.45, 7) is 3.96. The number of rotatable bonds is 4. The maximum Gasteiger partial charge on any atom is 0.164 e. The van der Waals surface area contributed by atoms with Gasteiger partial charge in [-0.2, -0.15) is 5.10 Å². The van der Waals surface area contributed by atoms with Crippen molar-refractivity contribution in [2.45, 2.75) is 26.7 Å². The molecule has 0 fully saturated rings. The molecule has 0 aliphatic heterocycles. The van der Waals surface area contributed by atoms with Gasteiger partial charge in [-0.05, 0) is 24.6 Å². The number of fused-ring (bicyclic) bond motifs is 1. The highest BCUT2D eigenvalue weighted by Crippen LogP contribution is 2.24. The number of carbonyl (C=O) groups is 1. The van der Waals surface area contributed by atoms with Crippen molar-refractivity contribution >= 4 is 11.3 Å². The first kappa shape index (κ1) is 13.6. The highest BCUT2D eigenvalue weighted by molar-refractivity contribution is 6.02. The molecule has 3 aromatic rings. The van der Waals surface area contributed by atoms with Crippen LogP contribution < -0.4 is 0 Å². The fraction of sp³-hybridized carbons (Fsp3) is 0.222. The Bertz CT molecular complexity index is 788. The lowest BCUT2D eigenvalue weighted by molar-refractivity contribution is 0.0989. The SMILES string of the molecule is CCC(=O)c1ccc(-c2ccccc2)n2nc(CC)cc12. The lowest BCUT2D eigenvalue weighted by atomic mass is 10.1. The first-order valence-electron chi connectivity index (χ1n) is 7.34. The number of Topliss-reactive ketones (excluding diaryl/α,β-unsaturated/α-hetero) is 1. The molecule has 0 saturated heterocycles. The Kier molecular flexibility index (Phi) is 3.57. The Morgan fingerprint density at radius 1 is 1.10 bits per heavy atom. The van der Waals surface area contributed by atoms with Gasteiger partial charge >= 0.3 is 0 Å². The van der Waals surface area contributed by atoms with Crippen LogP contribution >= 0.6 is 0 Å². The van der Waals surface area contributed by atoms with E-state index in [1.54, 1.807) is 0 Å². The number of hydrogen-bond acceptors (Lipinski definition) is 2. The summed E-state index contributed by atoms with van der Waals surface area (Å²) in [6.07, 6.45) is 1.36. The molecule has 0 atom stereocenters. The van der Waals surface area contributed by atoms with Crippen LogP contribution in [0.3, 0.4) is 0 Å². The van der Waals surface area contributed by atoms with Crippen molar-refractivity contribution in [3.63, 3.8) is 0 Å². The van der Waals surface area contributed by atoms with Crippen molar-refractivity contribution in [2.24, 2.45) is 0 Å². The first-order valence-corrected chi connectivity index (χ1v) is 7.34. The number of ketones is 1. The molecule has 0 saturated carbocycles. The number of nitrogens with zero attached hydrogens (tertiary/aromatic N) is 2. The summed E-state index contributed by atoms with van der Waals surface area (Å²) in [7, 11) is 0. The normalized spacial score (nSPS) is 11.0. The van der Waals surface area contributed by atoms with Crippen molar-refractivity contribution in [3.8, 4) is 11.3 Å². The molecule has 0 aliphatic carbocycles. The van der Waals surface area contributed by atoms with Crippen molar-refractivity contribution in [1.29, 1.82) is 0 Å². The Labute approximate surface area is 124 Å². The van der Waals surface area contributed by atoms with E-state index in [1.165, 1.54) is 0 Å². The summed E-state index contributed by atoms with van der Waals surface area (Å²) in [5.74, 6) is 0.155. The third-order valence-electron chi connectivity index (χ3n) is 3.73. The van der Waals surface area contributed by atoms with Crippen LogP contribution in [0, 0.1) is 0 Å². The summed E-state index contributed by atoms with van der Waals surface area (Å²) >= 11 is 0. The maximum atomic E-state index is 12.1. The van der Waals surface area contributed by atoms with E-state index < -0.39 is 0 Å². The van der Waals surface area contributed by atoms with Gasteiger partial charge in [0.2, 0.25) is 0 Å². The van der Waals surface area contributed by atoms with Gasteiger partial charge < -0.3 is 0 Å². The predicted octanol–water partition coefficient (Wildman–Crippen LogP) is 4.16. The molecule has 2 aromatic heterocycles. The van der Waals surface area contributed by atoms with Crippen molar-refractivity contribution in [1.82, 2.24) is 9.61 Å². The molecule has 0 radical (unpaired) electrons. The van der Waals surface area contributed by atoms with Gasteiger partial charge in [0.15, 0.2) is 5.78 Å². The Morgan fingerprint density at radius 2 is 1.86 bits per heavy atom. The highest BCUT2D eigenvalue weighted by atomic mass is 16.1. The smallest absolute Gasteiger partial charge is 0.164 e. The van der Waals surface area contributed by atoms with Crippen LogP contribution in [-0.4, -0.2) is 15.4 Å². The molecule has 0 spiro atoms. The number of benzene rings is 1. The molecule has 0 amide bonds. The van der Waals surface area contributed by atoms with Gasteiger partial charge in [0.05, 0.1) is 16.9 Å². The van der Waals surface area contributed by atoms with E-state index in [9.17, 15) is 4.79 Å². The van der Waals surface area contributed by atoms with Crippen LogP contribution in [0.25, 0.3) is 16.8 Å². The molecule has 3 rings (SSSR count). The summed E-state index contributed by atoms with van der Waals surface area (Å²) in [4.78, 5) is 12.1. The Hall–Kier alpha value is -2.42. The minimum Gasteiger partial charge on any atom is -0.294 e. The number of aromatic nitrogens is 2. The summed E-state index contributed by atoms with van der Waals surface area (Å²) in [6, 6.07) is 16.1. The number of aryl methyl sites for hydroxylation is 1. The van der Waals surface area contributed by atoms with Crippen LogP contribution in [0.4, 0.5) is 0 Å². The van der Waals surface area contributed by atoms with Crippen molar-refractivity contribution in [2.75, 3.05) is 0 Å². The fourth-order valence-electron chi connectivity index (χ4n) is 2.55. The molecule has 0 aliphatic rings. The summed E-state index contributed by atoms with van der Waals surface area (Å²) in [5, 5.41) is 4.65. The molecular formula is C18H18N2O. The van der Waals surface area contributed by atoms with Gasteiger partial charge in [-0.1, -0.05) is 44.2 Å². The minimum atomic E-state index is 0.155. The molecule has 0 unspecified atom stereocenters. The second-order valence-corrected chi connectivity index (χ2v) is 5.06.